The quantitative estimate of drug-likeness (QED) is 0.472. The molecule has 0 spiro atoms. The Kier molecular flexibility index (Phi) is 8.89. The first-order valence-corrected chi connectivity index (χ1v) is 10.0. The molecule has 2 aromatic rings. The SMILES string of the molecule is CC/C=C\C(=NC)Nc1ccc(Oc2ncccc2C(=O)N(CC)CCC)cc1. The van der Waals surface area contributed by atoms with Crippen molar-refractivity contribution in [3.63, 3.8) is 0 Å². The molecule has 29 heavy (non-hydrogen) atoms. The van der Waals surface area contributed by atoms with Crippen molar-refractivity contribution < 1.29 is 9.53 Å². The number of pyridine rings is 1. The molecule has 154 valence electrons. The van der Waals surface area contributed by atoms with Crippen molar-refractivity contribution in [1.82, 2.24) is 9.88 Å². The zero-order valence-corrected chi connectivity index (χ0v) is 17.7. The molecule has 0 saturated heterocycles. The van der Waals surface area contributed by atoms with Crippen molar-refractivity contribution >= 4 is 17.4 Å². The number of carbonyl (C=O) groups excluding carboxylic acids is 1. The average molecular weight is 395 g/mol. The van der Waals surface area contributed by atoms with E-state index in [0.29, 0.717) is 30.3 Å². The van der Waals surface area contributed by atoms with Gasteiger partial charge < -0.3 is 15.0 Å². The first-order valence-electron chi connectivity index (χ1n) is 10.0. The molecule has 6 heteroatoms. The van der Waals surface area contributed by atoms with E-state index in [4.69, 9.17) is 4.74 Å². The lowest BCUT2D eigenvalue weighted by Gasteiger charge is -2.21. The average Bonchev–Trinajstić information content (AvgIpc) is 2.76. The molecule has 0 unspecified atom stereocenters. The fraction of sp³-hybridized carbons (Fsp3) is 0.348. The monoisotopic (exact) mass is 394 g/mol. The van der Waals surface area contributed by atoms with Gasteiger partial charge in [-0.05, 0) is 62.2 Å². The van der Waals surface area contributed by atoms with Crippen LogP contribution in [0, 0.1) is 0 Å². The van der Waals surface area contributed by atoms with Crippen LogP contribution < -0.4 is 10.1 Å². The fourth-order valence-electron chi connectivity index (χ4n) is 2.75. The Morgan fingerprint density at radius 1 is 1.21 bits per heavy atom. The minimum absolute atomic E-state index is 0.0674. The number of amides is 1. The highest BCUT2D eigenvalue weighted by molar-refractivity contribution is 6.03. The molecular weight excluding hydrogens is 364 g/mol. The van der Waals surface area contributed by atoms with Crippen LogP contribution >= 0.6 is 0 Å². The van der Waals surface area contributed by atoms with E-state index >= 15 is 0 Å². The summed E-state index contributed by atoms with van der Waals surface area (Å²) in [5.74, 6) is 1.64. The second-order valence-electron chi connectivity index (χ2n) is 6.41. The molecule has 0 aliphatic heterocycles. The summed E-state index contributed by atoms with van der Waals surface area (Å²) in [6, 6.07) is 11.0. The van der Waals surface area contributed by atoms with Crippen LogP contribution in [-0.2, 0) is 0 Å². The number of hydrogen-bond donors (Lipinski definition) is 1. The Labute approximate surface area is 173 Å². The lowest BCUT2D eigenvalue weighted by molar-refractivity contribution is 0.0761. The first-order chi connectivity index (χ1) is 14.1. The van der Waals surface area contributed by atoms with E-state index in [1.807, 2.05) is 43.3 Å². The first kappa shape index (κ1) is 22.1. The molecule has 1 amide bonds. The van der Waals surface area contributed by atoms with Crippen LogP contribution in [0.4, 0.5) is 5.69 Å². The topological polar surface area (TPSA) is 66.8 Å². The van der Waals surface area contributed by atoms with Gasteiger partial charge in [0.15, 0.2) is 0 Å². The van der Waals surface area contributed by atoms with Gasteiger partial charge in [-0.3, -0.25) is 9.79 Å². The van der Waals surface area contributed by atoms with Crippen LogP contribution in [0.3, 0.4) is 0 Å². The van der Waals surface area contributed by atoms with Crippen molar-refractivity contribution in [1.29, 1.82) is 0 Å². The number of rotatable bonds is 9. The maximum absolute atomic E-state index is 12.8. The number of aliphatic imine (C=N–C) groups is 1. The van der Waals surface area contributed by atoms with E-state index < -0.39 is 0 Å². The van der Waals surface area contributed by atoms with Gasteiger partial charge in [0.25, 0.3) is 5.91 Å². The van der Waals surface area contributed by atoms with Gasteiger partial charge in [0.05, 0.1) is 0 Å². The Balaban J connectivity index is 2.15. The third-order valence-electron chi connectivity index (χ3n) is 4.26. The lowest BCUT2D eigenvalue weighted by Crippen LogP contribution is -2.31. The number of aromatic nitrogens is 1. The van der Waals surface area contributed by atoms with E-state index in [1.54, 1.807) is 30.3 Å². The molecule has 0 fully saturated rings. The second kappa shape index (κ2) is 11.6. The maximum Gasteiger partial charge on any atom is 0.259 e. The number of nitrogens with one attached hydrogen (secondary N) is 1. The Morgan fingerprint density at radius 2 is 1.97 bits per heavy atom. The van der Waals surface area contributed by atoms with Crippen LogP contribution in [0.1, 0.15) is 44.0 Å². The molecule has 6 nitrogen and oxygen atoms in total. The highest BCUT2D eigenvalue weighted by Gasteiger charge is 2.19. The van der Waals surface area contributed by atoms with Crippen molar-refractivity contribution in [2.24, 2.45) is 4.99 Å². The molecule has 1 heterocycles. The highest BCUT2D eigenvalue weighted by Crippen LogP contribution is 2.25. The van der Waals surface area contributed by atoms with Gasteiger partial charge in [0.2, 0.25) is 5.88 Å². The fourth-order valence-corrected chi connectivity index (χ4v) is 2.75. The van der Waals surface area contributed by atoms with Crippen molar-refractivity contribution in [3.05, 3.63) is 60.3 Å². The van der Waals surface area contributed by atoms with Crippen LogP contribution in [0.2, 0.25) is 0 Å². The number of allylic oxidation sites excluding steroid dienone is 1. The molecule has 1 N–H and O–H groups in total. The number of hydrogen-bond acceptors (Lipinski definition) is 4. The van der Waals surface area contributed by atoms with Gasteiger partial charge in [-0.1, -0.05) is 19.9 Å². The summed E-state index contributed by atoms with van der Waals surface area (Å²) < 4.78 is 5.92. The van der Waals surface area contributed by atoms with Crippen molar-refractivity contribution in [3.8, 4) is 11.6 Å². The summed E-state index contributed by atoms with van der Waals surface area (Å²) in [7, 11) is 1.75. The molecule has 0 bridgehead atoms. The molecule has 0 saturated carbocycles. The minimum atomic E-state index is -0.0674. The molecule has 2 rings (SSSR count). The Bertz CT molecular complexity index is 844. The van der Waals surface area contributed by atoms with E-state index in [0.717, 1.165) is 24.4 Å². The summed E-state index contributed by atoms with van der Waals surface area (Å²) in [5.41, 5.74) is 1.37. The Hall–Kier alpha value is -3.15. The number of nitrogens with zero attached hydrogens (tertiary/aromatic N) is 3. The molecule has 1 aromatic heterocycles. The smallest absolute Gasteiger partial charge is 0.259 e. The van der Waals surface area contributed by atoms with Crippen molar-refractivity contribution in [2.45, 2.75) is 33.6 Å². The zero-order valence-electron chi connectivity index (χ0n) is 17.7. The van der Waals surface area contributed by atoms with Gasteiger partial charge in [0, 0.05) is 32.0 Å². The minimum Gasteiger partial charge on any atom is -0.438 e. The number of benzene rings is 1. The predicted molar refractivity (Wildman–Crippen MR) is 119 cm³/mol. The molecule has 0 radical (unpaired) electrons. The van der Waals surface area contributed by atoms with Gasteiger partial charge >= 0.3 is 0 Å². The van der Waals surface area contributed by atoms with Crippen LogP contribution in [-0.4, -0.2) is 41.8 Å². The highest BCUT2D eigenvalue weighted by atomic mass is 16.5. The van der Waals surface area contributed by atoms with E-state index in [1.165, 1.54) is 0 Å². The summed E-state index contributed by atoms with van der Waals surface area (Å²) >= 11 is 0. The van der Waals surface area contributed by atoms with Crippen LogP contribution in [0.5, 0.6) is 11.6 Å². The Morgan fingerprint density at radius 3 is 2.59 bits per heavy atom. The third-order valence-corrected chi connectivity index (χ3v) is 4.26. The van der Waals surface area contributed by atoms with Crippen molar-refractivity contribution in [2.75, 3.05) is 25.5 Å². The largest absolute Gasteiger partial charge is 0.438 e. The van der Waals surface area contributed by atoms with Crippen LogP contribution in [0.25, 0.3) is 0 Å². The lowest BCUT2D eigenvalue weighted by atomic mass is 10.2. The summed E-state index contributed by atoms with van der Waals surface area (Å²) in [4.78, 5) is 23.1. The summed E-state index contributed by atoms with van der Waals surface area (Å²) in [5, 5.41) is 3.25. The molecular formula is C23H30N4O2. The van der Waals surface area contributed by atoms with Gasteiger partial charge in [-0.15, -0.1) is 0 Å². The maximum atomic E-state index is 12.8. The summed E-state index contributed by atoms with van der Waals surface area (Å²) in [6.07, 6.45) is 7.48. The summed E-state index contributed by atoms with van der Waals surface area (Å²) in [6.45, 7) is 7.46. The molecule has 0 atom stereocenters. The number of anilines is 1. The number of ether oxygens (including phenoxy) is 1. The second-order valence-corrected chi connectivity index (χ2v) is 6.41. The van der Waals surface area contributed by atoms with Crippen LogP contribution in [0.15, 0.2) is 59.7 Å². The van der Waals surface area contributed by atoms with Gasteiger partial charge in [-0.25, -0.2) is 4.98 Å². The van der Waals surface area contributed by atoms with E-state index in [9.17, 15) is 4.79 Å². The van der Waals surface area contributed by atoms with Gasteiger partial charge in [0.1, 0.15) is 17.1 Å². The molecule has 0 aliphatic rings. The third kappa shape index (κ3) is 6.45. The number of amidine groups is 1. The normalized spacial score (nSPS) is 11.5. The molecule has 1 aromatic carbocycles. The zero-order chi connectivity index (χ0) is 21.1. The van der Waals surface area contributed by atoms with Gasteiger partial charge in [-0.2, -0.15) is 0 Å². The predicted octanol–water partition coefficient (Wildman–Crippen LogP) is 5.15. The van der Waals surface area contributed by atoms with E-state index in [-0.39, 0.29) is 5.91 Å². The molecule has 0 aliphatic carbocycles. The van der Waals surface area contributed by atoms with E-state index in [2.05, 4.69) is 29.1 Å². The standard InChI is InChI=1S/C23H30N4O2/c1-5-8-11-21(24-4)26-18-12-14-19(15-13-18)29-22-20(10-9-16-25-22)23(28)27(7-3)17-6-2/h8-16H,5-7,17H2,1-4H3,(H,24,26)/b11-8-. The number of carbonyl (C=O) groups is 1.